The number of alkyl carbamates (subject to hydrolysis) is 1. The van der Waals surface area contributed by atoms with E-state index in [2.05, 4.69) is 5.32 Å². The molecule has 9 nitrogen and oxygen atoms in total. The van der Waals surface area contributed by atoms with Gasteiger partial charge in [-0.05, 0) is 45.7 Å². The van der Waals surface area contributed by atoms with E-state index >= 15 is 0 Å². The number of rotatable bonds is 8. The maximum Gasteiger partial charge on any atom is 0.407 e. The van der Waals surface area contributed by atoms with E-state index in [4.69, 9.17) is 14.7 Å². The minimum atomic E-state index is -1.30. The molecule has 0 bridgehead atoms. The second kappa shape index (κ2) is 11.5. The molecule has 0 atom stereocenters. The van der Waals surface area contributed by atoms with Crippen molar-refractivity contribution in [1.82, 2.24) is 10.4 Å². The lowest BCUT2D eigenvalue weighted by Crippen LogP contribution is -2.35. The van der Waals surface area contributed by atoms with Crippen LogP contribution in [0.4, 0.5) is 4.79 Å². The summed E-state index contributed by atoms with van der Waals surface area (Å²) < 4.78 is 5.11. The summed E-state index contributed by atoms with van der Waals surface area (Å²) in [5.74, 6) is -2.82. The van der Waals surface area contributed by atoms with Gasteiger partial charge in [-0.25, -0.2) is 14.4 Å². The molecule has 1 rings (SSSR count). The fourth-order valence-corrected chi connectivity index (χ4v) is 2.04. The smallest absolute Gasteiger partial charge is 0.407 e. The van der Waals surface area contributed by atoms with Crippen LogP contribution in [0.15, 0.2) is 42.5 Å². The van der Waals surface area contributed by atoms with E-state index in [9.17, 15) is 19.2 Å². The van der Waals surface area contributed by atoms with E-state index < -0.39 is 29.5 Å². The number of nitrogens with zero attached hydrogens (tertiary/aromatic N) is 1. The van der Waals surface area contributed by atoms with Crippen molar-refractivity contribution in [1.29, 1.82) is 0 Å². The summed E-state index contributed by atoms with van der Waals surface area (Å²) in [6.45, 7) is 5.58. The van der Waals surface area contributed by atoms with E-state index in [1.807, 2.05) is 0 Å². The summed E-state index contributed by atoms with van der Waals surface area (Å²) in [7, 11) is 0. The molecule has 0 radical (unpaired) electrons. The molecule has 0 saturated heterocycles. The van der Waals surface area contributed by atoms with Gasteiger partial charge in [-0.15, -0.1) is 0 Å². The van der Waals surface area contributed by atoms with Gasteiger partial charge >= 0.3 is 18.0 Å². The molecule has 0 heterocycles. The number of unbranched alkanes of at least 4 members (excludes halogenated alkanes) is 1. The molecule has 158 valence electrons. The van der Waals surface area contributed by atoms with Crippen molar-refractivity contribution in [3.63, 3.8) is 0 Å². The van der Waals surface area contributed by atoms with Crippen LogP contribution in [0.3, 0.4) is 0 Å². The van der Waals surface area contributed by atoms with Crippen LogP contribution < -0.4 is 5.32 Å². The largest absolute Gasteiger partial charge is 0.478 e. The summed E-state index contributed by atoms with van der Waals surface area (Å²) in [6.07, 6.45) is 1.79. The van der Waals surface area contributed by atoms with Crippen molar-refractivity contribution in [3.8, 4) is 0 Å². The van der Waals surface area contributed by atoms with Crippen LogP contribution in [0.25, 0.3) is 0 Å². The maximum absolute atomic E-state index is 12.2. The molecule has 0 aromatic heterocycles. The number of ether oxygens (including phenoxy) is 1. The lowest BCUT2D eigenvalue weighted by Gasteiger charge is -2.21. The molecule has 2 N–H and O–H groups in total. The Morgan fingerprint density at radius 2 is 1.72 bits per heavy atom. The number of carbonyl (C=O) groups excluding carboxylic acids is 3. The highest BCUT2D eigenvalue weighted by molar-refractivity contribution is 5.95. The van der Waals surface area contributed by atoms with Crippen LogP contribution in [0.5, 0.6) is 0 Å². The molecule has 1 aromatic carbocycles. The standard InChI is InChI=1S/C20H26N2O7/c1-20(2,3)28-19(27)21-13-7-8-14-22(16(23)11-12-17(24)25)29-18(26)15-9-5-4-6-10-15/h4-6,9-12H,7-8,13-14H2,1-3H3,(H,21,27)(H,24,25)/b12-11+. The first-order chi connectivity index (χ1) is 13.6. The lowest BCUT2D eigenvalue weighted by atomic mass is 10.2. The number of nitrogens with one attached hydrogen (secondary N) is 1. The molecular weight excluding hydrogens is 380 g/mol. The molecule has 0 aliphatic heterocycles. The quantitative estimate of drug-likeness (QED) is 0.386. The van der Waals surface area contributed by atoms with Gasteiger partial charge in [0.1, 0.15) is 5.60 Å². The van der Waals surface area contributed by atoms with Gasteiger partial charge in [-0.3, -0.25) is 4.79 Å². The highest BCUT2D eigenvalue weighted by atomic mass is 16.7. The molecule has 0 aliphatic rings. The summed E-state index contributed by atoms with van der Waals surface area (Å²) in [5.41, 5.74) is -0.353. The number of carboxylic acids is 1. The van der Waals surface area contributed by atoms with Crippen molar-refractivity contribution in [2.45, 2.75) is 39.2 Å². The Labute approximate surface area is 169 Å². The zero-order valence-corrected chi connectivity index (χ0v) is 16.7. The maximum atomic E-state index is 12.2. The Balaban J connectivity index is 2.58. The third-order valence-corrected chi connectivity index (χ3v) is 3.27. The first-order valence-corrected chi connectivity index (χ1v) is 9.05. The summed E-state index contributed by atoms with van der Waals surface area (Å²) in [5, 5.41) is 12.0. The number of hydroxylamine groups is 2. The fraction of sp³-hybridized carbons (Fsp3) is 0.400. The van der Waals surface area contributed by atoms with Crippen LogP contribution >= 0.6 is 0 Å². The molecule has 0 saturated carbocycles. The van der Waals surface area contributed by atoms with Crippen LogP contribution in [-0.2, 0) is 19.2 Å². The first-order valence-electron chi connectivity index (χ1n) is 9.05. The zero-order valence-electron chi connectivity index (χ0n) is 16.7. The molecule has 29 heavy (non-hydrogen) atoms. The molecule has 1 aromatic rings. The predicted molar refractivity (Wildman–Crippen MR) is 104 cm³/mol. The second-order valence-corrected chi connectivity index (χ2v) is 6.99. The highest BCUT2D eigenvalue weighted by Gasteiger charge is 2.19. The van der Waals surface area contributed by atoms with Gasteiger partial charge in [0.25, 0.3) is 5.91 Å². The average Bonchev–Trinajstić information content (AvgIpc) is 2.64. The number of carbonyl (C=O) groups is 4. The van der Waals surface area contributed by atoms with E-state index in [0.717, 1.165) is 11.1 Å². The molecule has 2 amide bonds. The number of benzene rings is 1. The normalized spacial score (nSPS) is 11.0. The molecule has 0 fully saturated rings. The van der Waals surface area contributed by atoms with Gasteiger partial charge in [0.2, 0.25) is 0 Å². The Morgan fingerprint density at radius 1 is 1.07 bits per heavy atom. The van der Waals surface area contributed by atoms with Gasteiger partial charge < -0.3 is 20.0 Å². The number of hydrogen-bond acceptors (Lipinski definition) is 6. The Hall–Kier alpha value is -3.36. The van der Waals surface area contributed by atoms with Gasteiger partial charge in [0.15, 0.2) is 0 Å². The van der Waals surface area contributed by atoms with Crippen molar-refractivity contribution >= 4 is 23.9 Å². The number of aliphatic carboxylic acids is 1. The lowest BCUT2D eigenvalue weighted by molar-refractivity contribution is -0.162. The monoisotopic (exact) mass is 406 g/mol. The van der Waals surface area contributed by atoms with Gasteiger partial charge in [0, 0.05) is 18.7 Å². The summed E-state index contributed by atoms with van der Waals surface area (Å²) in [4.78, 5) is 51.6. The minimum absolute atomic E-state index is 0.0252. The predicted octanol–water partition coefficient (Wildman–Crippen LogP) is 2.53. The molecule has 9 heteroatoms. The number of carboxylic acid groups (broad SMARTS) is 1. The van der Waals surface area contributed by atoms with Gasteiger partial charge in [-0.2, -0.15) is 5.06 Å². The summed E-state index contributed by atoms with van der Waals surface area (Å²) in [6, 6.07) is 8.09. The van der Waals surface area contributed by atoms with E-state index in [1.54, 1.807) is 39.0 Å². The van der Waals surface area contributed by atoms with Gasteiger partial charge in [-0.1, -0.05) is 18.2 Å². The SMILES string of the molecule is CC(C)(C)OC(=O)NCCCCN(OC(=O)c1ccccc1)C(=O)/C=C/C(=O)O. The fourth-order valence-electron chi connectivity index (χ4n) is 2.04. The van der Waals surface area contributed by atoms with E-state index in [0.29, 0.717) is 25.5 Å². The topological polar surface area (TPSA) is 122 Å². The average molecular weight is 406 g/mol. The van der Waals surface area contributed by atoms with Crippen molar-refractivity contribution in [2.24, 2.45) is 0 Å². The Morgan fingerprint density at radius 3 is 2.31 bits per heavy atom. The van der Waals surface area contributed by atoms with E-state index in [-0.39, 0.29) is 12.1 Å². The zero-order chi connectivity index (χ0) is 21.9. The molecule has 0 spiro atoms. The highest BCUT2D eigenvalue weighted by Crippen LogP contribution is 2.08. The third kappa shape index (κ3) is 10.5. The van der Waals surface area contributed by atoms with Crippen molar-refractivity contribution in [2.75, 3.05) is 13.1 Å². The van der Waals surface area contributed by atoms with Crippen molar-refractivity contribution < 1.29 is 33.9 Å². The first kappa shape index (κ1) is 23.7. The van der Waals surface area contributed by atoms with Crippen LogP contribution in [0.2, 0.25) is 0 Å². The van der Waals surface area contributed by atoms with Crippen LogP contribution in [0, 0.1) is 0 Å². The second-order valence-electron chi connectivity index (χ2n) is 6.99. The number of amides is 2. The molecular formula is C20H26N2O7. The summed E-state index contributed by atoms with van der Waals surface area (Å²) >= 11 is 0. The van der Waals surface area contributed by atoms with Crippen LogP contribution in [-0.4, -0.2) is 52.8 Å². The Bertz CT molecular complexity index is 739. The Kier molecular flexibility index (Phi) is 9.37. The molecule has 0 unspecified atom stereocenters. The van der Waals surface area contributed by atoms with Crippen LogP contribution in [0.1, 0.15) is 44.0 Å². The molecule has 0 aliphatic carbocycles. The number of hydrogen-bond donors (Lipinski definition) is 2. The third-order valence-electron chi connectivity index (χ3n) is 3.27. The minimum Gasteiger partial charge on any atom is -0.478 e. The van der Waals surface area contributed by atoms with E-state index in [1.165, 1.54) is 12.1 Å². The van der Waals surface area contributed by atoms with Crippen molar-refractivity contribution in [3.05, 3.63) is 48.0 Å². The van der Waals surface area contributed by atoms with Gasteiger partial charge in [0.05, 0.1) is 12.1 Å².